The highest BCUT2D eigenvalue weighted by atomic mass is 16.1. The first-order valence-electron chi connectivity index (χ1n) is 4.85. The maximum atomic E-state index is 10.7. The summed E-state index contributed by atoms with van der Waals surface area (Å²) in [5.41, 5.74) is 2.80. The molecular formula is C12H15NO. The molecule has 2 aromatic heterocycles. The molecule has 2 nitrogen and oxygen atoms in total. The molecule has 0 aliphatic carbocycles. The van der Waals surface area contributed by atoms with Crippen LogP contribution < -0.4 is 0 Å². The van der Waals surface area contributed by atoms with E-state index in [0.717, 1.165) is 23.1 Å². The maximum Gasteiger partial charge on any atom is 0.167 e. The average Bonchev–Trinajstić information content (AvgIpc) is 2.69. The van der Waals surface area contributed by atoms with Crippen LogP contribution in [0.3, 0.4) is 0 Å². The molecule has 0 aliphatic heterocycles. The van der Waals surface area contributed by atoms with E-state index >= 15 is 0 Å². The lowest BCUT2D eigenvalue weighted by atomic mass is 10.2. The number of rotatable bonds is 1. The molecule has 2 heterocycles. The van der Waals surface area contributed by atoms with Crippen molar-refractivity contribution in [3.63, 3.8) is 0 Å². The molecule has 0 aromatic carbocycles. The number of pyridine rings is 1. The van der Waals surface area contributed by atoms with Gasteiger partial charge in [0, 0.05) is 11.7 Å². The van der Waals surface area contributed by atoms with Crippen molar-refractivity contribution in [2.24, 2.45) is 0 Å². The van der Waals surface area contributed by atoms with Gasteiger partial charge in [0.05, 0.1) is 5.69 Å². The Labute approximate surface area is 84.2 Å². The Balaban J connectivity index is 0.000000461. The van der Waals surface area contributed by atoms with Gasteiger partial charge in [-0.2, -0.15) is 0 Å². The number of fused-ring (bicyclic) bond motifs is 1. The van der Waals surface area contributed by atoms with Crippen LogP contribution in [0, 0.1) is 6.92 Å². The fourth-order valence-electron chi connectivity index (χ4n) is 1.38. The molecule has 0 saturated carbocycles. The Kier molecular flexibility index (Phi) is 3.46. The van der Waals surface area contributed by atoms with Crippen LogP contribution in [0.4, 0.5) is 0 Å². The van der Waals surface area contributed by atoms with Crippen molar-refractivity contribution in [1.82, 2.24) is 4.40 Å². The topological polar surface area (TPSA) is 21.5 Å². The first-order chi connectivity index (χ1) is 6.83. The summed E-state index contributed by atoms with van der Waals surface area (Å²) in [4.78, 5) is 10.7. The summed E-state index contributed by atoms with van der Waals surface area (Å²) in [6.45, 7) is 5.93. The average molecular weight is 189 g/mol. The highest BCUT2D eigenvalue weighted by molar-refractivity contribution is 5.76. The number of aldehydes is 1. The number of carbonyl (C=O) groups excluding carboxylic acids is 1. The molecule has 74 valence electrons. The van der Waals surface area contributed by atoms with Gasteiger partial charge < -0.3 is 4.40 Å². The standard InChI is InChI=1S/C10H9NO.C2H6/c1-8-4-5-9-3-2-6-11(9)10(8)7-12;1-2/h2-7H,1H3;1-2H3. The monoisotopic (exact) mass is 189 g/mol. The van der Waals surface area contributed by atoms with Gasteiger partial charge in [-0.15, -0.1) is 0 Å². The maximum absolute atomic E-state index is 10.7. The molecule has 14 heavy (non-hydrogen) atoms. The molecule has 0 spiro atoms. The van der Waals surface area contributed by atoms with Crippen LogP contribution in [0.15, 0.2) is 30.5 Å². The lowest BCUT2D eigenvalue weighted by Crippen LogP contribution is -1.96. The van der Waals surface area contributed by atoms with Crippen molar-refractivity contribution in [2.45, 2.75) is 20.8 Å². The first-order valence-corrected chi connectivity index (χ1v) is 4.85. The third-order valence-electron chi connectivity index (χ3n) is 2.06. The quantitative estimate of drug-likeness (QED) is 0.632. The largest absolute Gasteiger partial charge is 0.314 e. The summed E-state index contributed by atoms with van der Waals surface area (Å²) >= 11 is 0. The predicted molar refractivity (Wildman–Crippen MR) is 58.9 cm³/mol. The van der Waals surface area contributed by atoms with E-state index in [1.54, 1.807) is 0 Å². The molecule has 0 aliphatic rings. The molecule has 0 N–H and O–H groups in total. The second-order valence-electron chi connectivity index (χ2n) is 2.82. The van der Waals surface area contributed by atoms with Crippen LogP contribution in [-0.4, -0.2) is 10.7 Å². The molecule has 0 saturated heterocycles. The van der Waals surface area contributed by atoms with Crippen LogP contribution in [0.25, 0.3) is 5.52 Å². The molecule has 0 fully saturated rings. The second kappa shape index (κ2) is 4.61. The Morgan fingerprint density at radius 1 is 1.21 bits per heavy atom. The van der Waals surface area contributed by atoms with E-state index in [4.69, 9.17) is 0 Å². The van der Waals surface area contributed by atoms with Gasteiger partial charge in [0.2, 0.25) is 0 Å². The van der Waals surface area contributed by atoms with Crippen molar-refractivity contribution in [3.8, 4) is 0 Å². The van der Waals surface area contributed by atoms with Crippen molar-refractivity contribution < 1.29 is 4.79 Å². The first kappa shape index (κ1) is 10.5. The van der Waals surface area contributed by atoms with Gasteiger partial charge in [-0.25, -0.2) is 0 Å². The van der Waals surface area contributed by atoms with E-state index in [1.165, 1.54) is 0 Å². The number of carbonyl (C=O) groups is 1. The number of aryl methyl sites for hydroxylation is 1. The number of hydrogen-bond donors (Lipinski definition) is 0. The summed E-state index contributed by atoms with van der Waals surface area (Å²) in [7, 11) is 0. The summed E-state index contributed by atoms with van der Waals surface area (Å²) in [6, 6.07) is 7.87. The molecule has 0 radical (unpaired) electrons. The van der Waals surface area contributed by atoms with Gasteiger partial charge in [0.25, 0.3) is 0 Å². The molecule has 0 unspecified atom stereocenters. The molecule has 2 rings (SSSR count). The van der Waals surface area contributed by atoms with Crippen LogP contribution in [-0.2, 0) is 0 Å². The Morgan fingerprint density at radius 3 is 2.57 bits per heavy atom. The van der Waals surface area contributed by atoms with Gasteiger partial charge >= 0.3 is 0 Å². The van der Waals surface area contributed by atoms with E-state index in [1.807, 2.05) is 55.6 Å². The molecule has 0 atom stereocenters. The minimum atomic E-state index is 0.734. The summed E-state index contributed by atoms with van der Waals surface area (Å²) in [6.07, 6.45) is 2.79. The molecule has 2 heteroatoms. The van der Waals surface area contributed by atoms with Crippen molar-refractivity contribution in [3.05, 3.63) is 41.7 Å². The Morgan fingerprint density at radius 2 is 1.93 bits per heavy atom. The normalized spacial score (nSPS) is 9.36. The fraction of sp³-hybridized carbons (Fsp3) is 0.250. The third-order valence-corrected chi connectivity index (χ3v) is 2.06. The minimum absolute atomic E-state index is 0.734. The zero-order valence-corrected chi connectivity index (χ0v) is 8.82. The Hall–Kier alpha value is -1.57. The third kappa shape index (κ3) is 1.69. The molecule has 0 bridgehead atoms. The van der Waals surface area contributed by atoms with Gasteiger partial charge in [-0.05, 0) is 30.7 Å². The summed E-state index contributed by atoms with van der Waals surface area (Å²) in [5.74, 6) is 0. The lowest BCUT2D eigenvalue weighted by molar-refractivity contribution is 0.111. The van der Waals surface area contributed by atoms with E-state index in [-0.39, 0.29) is 0 Å². The van der Waals surface area contributed by atoms with Crippen molar-refractivity contribution in [2.75, 3.05) is 0 Å². The fourth-order valence-corrected chi connectivity index (χ4v) is 1.38. The molecular weight excluding hydrogens is 174 g/mol. The van der Waals surface area contributed by atoms with Crippen molar-refractivity contribution in [1.29, 1.82) is 0 Å². The number of nitrogens with zero attached hydrogens (tertiary/aromatic N) is 1. The highest BCUT2D eigenvalue weighted by Crippen LogP contribution is 2.11. The van der Waals surface area contributed by atoms with E-state index in [9.17, 15) is 4.79 Å². The summed E-state index contributed by atoms with van der Waals surface area (Å²) < 4.78 is 1.89. The van der Waals surface area contributed by atoms with Crippen LogP contribution in [0.1, 0.15) is 29.9 Å². The number of hydrogen-bond acceptors (Lipinski definition) is 1. The van der Waals surface area contributed by atoms with Crippen LogP contribution in [0.2, 0.25) is 0 Å². The van der Waals surface area contributed by atoms with E-state index < -0.39 is 0 Å². The molecule has 2 aromatic rings. The van der Waals surface area contributed by atoms with Gasteiger partial charge in [-0.3, -0.25) is 4.79 Å². The zero-order valence-electron chi connectivity index (χ0n) is 8.82. The highest BCUT2D eigenvalue weighted by Gasteiger charge is 2.00. The molecule has 0 amide bonds. The second-order valence-corrected chi connectivity index (χ2v) is 2.82. The van der Waals surface area contributed by atoms with Crippen LogP contribution in [0.5, 0.6) is 0 Å². The lowest BCUT2D eigenvalue weighted by Gasteiger charge is -2.02. The van der Waals surface area contributed by atoms with Crippen molar-refractivity contribution >= 4 is 11.8 Å². The van der Waals surface area contributed by atoms with Gasteiger partial charge in [0.1, 0.15) is 0 Å². The summed E-state index contributed by atoms with van der Waals surface area (Å²) in [5, 5.41) is 0. The zero-order chi connectivity index (χ0) is 10.6. The van der Waals surface area contributed by atoms with E-state index in [0.29, 0.717) is 0 Å². The predicted octanol–water partition coefficient (Wildman–Crippen LogP) is 3.09. The van der Waals surface area contributed by atoms with E-state index in [2.05, 4.69) is 0 Å². The van der Waals surface area contributed by atoms with Gasteiger partial charge in [0.15, 0.2) is 6.29 Å². The Bertz CT molecular complexity index is 429. The van der Waals surface area contributed by atoms with Gasteiger partial charge in [-0.1, -0.05) is 19.9 Å². The smallest absolute Gasteiger partial charge is 0.167 e. The number of aromatic nitrogens is 1. The minimum Gasteiger partial charge on any atom is -0.314 e. The SMILES string of the molecule is CC.Cc1ccc2cccn2c1C=O. The van der Waals surface area contributed by atoms with Crippen LogP contribution >= 0.6 is 0 Å².